The van der Waals surface area contributed by atoms with Crippen LogP contribution in [0.4, 0.5) is 0 Å². The molecule has 0 bridgehead atoms. The molecule has 1 aromatic heterocycles. The number of hydrogen-bond donors (Lipinski definition) is 1. The fourth-order valence-electron chi connectivity index (χ4n) is 1.86. The summed E-state index contributed by atoms with van der Waals surface area (Å²) in [6, 6.07) is 0.732. The van der Waals surface area contributed by atoms with Gasteiger partial charge in [0.05, 0.1) is 0 Å². The first-order chi connectivity index (χ1) is 7.88. The second-order valence-electron chi connectivity index (χ2n) is 6.10. The summed E-state index contributed by atoms with van der Waals surface area (Å²) in [5.41, 5.74) is 3.54. The third-order valence-electron chi connectivity index (χ3n) is 3.24. The van der Waals surface area contributed by atoms with E-state index in [1.807, 2.05) is 0 Å². The van der Waals surface area contributed by atoms with Crippen LogP contribution >= 0.6 is 0 Å². The lowest BCUT2D eigenvalue weighted by Crippen LogP contribution is -2.22. The smallest absolute Gasteiger partial charge is 0.134 e. The maximum Gasteiger partial charge on any atom is 0.134 e. The summed E-state index contributed by atoms with van der Waals surface area (Å²) in [5, 5.41) is 3.53. The molecule has 0 aromatic carbocycles. The topological polar surface area (TPSA) is 37.8 Å². The van der Waals surface area contributed by atoms with Crippen molar-refractivity contribution in [1.82, 2.24) is 15.3 Å². The van der Waals surface area contributed by atoms with E-state index in [9.17, 15) is 0 Å². The van der Waals surface area contributed by atoms with Crippen LogP contribution in [0.2, 0.25) is 0 Å². The fourth-order valence-corrected chi connectivity index (χ4v) is 1.86. The van der Waals surface area contributed by atoms with E-state index in [1.165, 1.54) is 18.4 Å². The van der Waals surface area contributed by atoms with E-state index < -0.39 is 0 Å². The normalized spacial score (nSPS) is 16.3. The van der Waals surface area contributed by atoms with Crippen molar-refractivity contribution in [2.24, 2.45) is 0 Å². The number of hydrogen-bond acceptors (Lipinski definition) is 3. The molecule has 0 atom stereocenters. The van der Waals surface area contributed by atoms with E-state index in [0.717, 1.165) is 29.8 Å². The third kappa shape index (κ3) is 3.03. The highest BCUT2D eigenvalue weighted by Gasteiger charge is 2.22. The number of nitrogens with zero attached hydrogens (tertiary/aromatic N) is 2. The van der Waals surface area contributed by atoms with Gasteiger partial charge in [-0.1, -0.05) is 20.8 Å². The van der Waals surface area contributed by atoms with Crippen molar-refractivity contribution < 1.29 is 0 Å². The van der Waals surface area contributed by atoms with Crippen LogP contribution in [-0.2, 0) is 12.0 Å². The third-order valence-corrected chi connectivity index (χ3v) is 3.24. The minimum atomic E-state index is 0.0258. The van der Waals surface area contributed by atoms with Crippen molar-refractivity contribution in [2.45, 2.75) is 65.5 Å². The minimum Gasteiger partial charge on any atom is -0.310 e. The average Bonchev–Trinajstić information content (AvgIpc) is 2.98. The van der Waals surface area contributed by atoms with Crippen molar-refractivity contribution in [3.8, 4) is 0 Å². The zero-order valence-electron chi connectivity index (χ0n) is 11.6. The number of aromatic nitrogens is 2. The Morgan fingerprint density at radius 3 is 2.06 bits per heavy atom. The van der Waals surface area contributed by atoms with E-state index >= 15 is 0 Å². The molecule has 1 N–H and O–H groups in total. The van der Waals surface area contributed by atoms with E-state index in [2.05, 4.69) is 49.9 Å². The quantitative estimate of drug-likeness (QED) is 0.872. The monoisotopic (exact) mass is 233 g/mol. The van der Waals surface area contributed by atoms with Crippen molar-refractivity contribution in [1.29, 1.82) is 0 Å². The molecule has 17 heavy (non-hydrogen) atoms. The Morgan fingerprint density at radius 1 is 1.12 bits per heavy atom. The van der Waals surface area contributed by atoms with E-state index in [1.54, 1.807) is 0 Å². The lowest BCUT2D eigenvalue weighted by atomic mass is 9.95. The average molecular weight is 233 g/mol. The van der Waals surface area contributed by atoms with E-state index in [0.29, 0.717) is 0 Å². The summed E-state index contributed by atoms with van der Waals surface area (Å²) < 4.78 is 0. The molecule has 1 aliphatic rings. The van der Waals surface area contributed by atoms with E-state index in [-0.39, 0.29) is 5.41 Å². The highest BCUT2D eigenvalue weighted by molar-refractivity contribution is 5.26. The van der Waals surface area contributed by atoms with Crippen LogP contribution in [-0.4, -0.2) is 16.0 Å². The Morgan fingerprint density at radius 2 is 1.65 bits per heavy atom. The predicted octanol–water partition coefficient (Wildman–Crippen LogP) is 2.64. The first-order valence-electron chi connectivity index (χ1n) is 6.46. The maximum atomic E-state index is 4.65. The van der Waals surface area contributed by atoms with Gasteiger partial charge in [0.25, 0.3) is 0 Å². The van der Waals surface area contributed by atoms with Gasteiger partial charge in [-0.2, -0.15) is 0 Å². The highest BCUT2D eigenvalue weighted by Crippen LogP contribution is 2.23. The van der Waals surface area contributed by atoms with Crippen molar-refractivity contribution >= 4 is 0 Å². The predicted molar refractivity (Wildman–Crippen MR) is 70.1 cm³/mol. The van der Waals surface area contributed by atoms with Gasteiger partial charge in [-0.15, -0.1) is 0 Å². The zero-order chi connectivity index (χ0) is 12.6. The Balaban J connectivity index is 2.21. The van der Waals surface area contributed by atoms with Crippen LogP contribution in [0.15, 0.2) is 0 Å². The molecule has 1 aliphatic carbocycles. The maximum absolute atomic E-state index is 4.65. The highest BCUT2D eigenvalue weighted by atomic mass is 15.0. The molecule has 0 unspecified atom stereocenters. The summed E-state index contributed by atoms with van der Waals surface area (Å²) in [6.45, 7) is 11.6. The van der Waals surface area contributed by atoms with Gasteiger partial charge >= 0.3 is 0 Å². The largest absolute Gasteiger partial charge is 0.310 e. The van der Waals surface area contributed by atoms with Crippen molar-refractivity contribution in [2.75, 3.05) is 0 Å². The number of nitrogens with one attached hydrogen (secondary N) is 1. The second-order valence-corrected chi connectivity index (χ2v) is 6.10. The van der Waals surface area contributed by atoms with Gasteiger partial charge in [-0.3, -0.25) is 0 Å². The summed E-state index contributed by atoms with van der Waals surface area (Å²) in [5.74, 6) is 0.947. The Kier molecular flexibility index (Phi) is 3.21. The molecule has 2 rings (SSSR count). The van der Waals surface area contributed by atoms with Gasteiger partial charge < -0.3 is 5.32 Å². The second kappa shape index (κ2) is 4.37. The molecule has 0 aliphatic heterocycles. The number of aryl methyl sites for hydroxylation is 2. The lowest BCUT2D eigenvalue weighted by Gasteiger charge is -2.19. The fraction of sp³-hybridized carbons (Fsp3) is 0.714. The van der Waals surface area contributed by atoms with Gasteiger partial charge in [0.15, 0.2) is 0 Å². The van der Waals surface area contributed by atoms with Gasteiger partial charge in [0.1, 0.15) is 5.82 Å². The molecule has 1 heterocycles. The first-order valence-corrected chi connectivity index (χ1v) is 6.46. The van der Waals surface area contributed by atoms with Gasteiger partial charge in [-0.25, -0.2) is 9.97 Å². The van der Waals surface area contributed by atoms with Crippen molar-refractivity contribution in [3.05, 3.63) is 22.8 Å². The Labute approximate surface area is 104 Å². The van der Waals surface area contributed by atoms with Crippen LogP contribution in [0.3, 0.4) is 0 Å². The molecule has 94 valence electrons. The van der Waals surface area contributed by atoms with Gasteiger partial charge in [0, 0.05) is 35.0 Å². The van der Waals surface area contributed by atoms with Crippen LogP contribution < -0.4 is 5.32 Å². The van der Waals surface area contributed by atoms with E-state index in [4.69, 9.17) is 0 Å². The van der Waals surface area contributed by atoms with Crippen LogP contribution in [0.1, 0.15) is 56.4 Å². The minimum absolute atomic E-state index is 0.0258. The van der Waals surface area contributed by atoms with Gasteiger partial charge in [-0.05, 0) is 26.7 Å². The molecular formula is C14H23N3. The van der Waals surface area contributed by atoms with Crippen LogP contribution in [0.5, 0.6) is 0 Å². The summed E-state index contributed by atoms with van der Waals surface area (Å²) in [6.07, 6.45) is 2.64. The first kappa shape index (κ1) is 12.5. The summed E-state index contributed by atoms with van der Waals surface area (Å²) in [7, 11) is 0. The molecule has 0 amide bonds. The standard InChI is InChI=1S/C14H23N3/c1-9-12(8-15-11-6-7-11)10(2)17-13(16-9)14(3,4)5/h11,15H,6-8H2,1-5H3. The molecule has 3 nitrogen and oxygen atoms in total. The molecule has 1 aromatic rings. The molecule has 0 spiro atoms. The molecule has 1 fully saturated rings. The molecular weight excluding hydrogens is 210 g/mol. The van der Waals surface area contributed by atoms with Crippen molar-refractivity contribution in [3.63, 3.8) is 0 Å². The van der Waals surface area contributed by atoms with Crippen LogP contribution in [0.25, 0.3) is 0 Å². The van der Waals surface area contributed by atoms with Gasteiger partial charge in [0.2, 0.25) is 0 Å². The SMILES string of the molecule is Cc1nc(C(C)(C)C)nc(C)c1CNC1CC1. The lowest BCUT2D eigenvalue weighted by molar-refractivity contribution is 0.537. The van der Waals surface area contributed by atoms with Crippen LogP contribution in [0, 0.1) is 13.8 Å². The molecule has 0 radical (unpaired) electrons. The zero-order valence-corrected chi connectivity index (χ0v) is 11.6. The Bertz CT molecular complexity index is 391. The molecule has 3 heteroatoms. The summed E-state index contributed by atoms with van der Waals surface area (Å²) in [4.78, 5) is 9.30. The Hall–Kier alpha value is -0.960. The number of rotatable bonds is 3. The summed E-state index contributed by atoms with van der Waals surface area (Å²) >= 11 is 0. The molecule has 0 saturated heterocycles. The molecule has 1 saturated carbocycles.